The molecule has 7 nitrogen and oxygen atoms in total. The van der Waals surface area contributed by atoms with Gasteiger partial charge in [0.15, 0.2) is 0 Å². The van der Waals surface area contributed by atoms with Crippen molar-refractivity contribution in [3.05, 3.63) is 78.0 Å². The Morgan fingerprint density at radius 3 is 2.67 bits per heavy atom. The lowest BCUT2D eigenvalue weighted by Gasteiger charge is -2.04. The van der Waals surface area contributed by atoms with Gasteiger partial charge in [0, 0.05) is 30.4 Å². The molecule has 0 spiro atoms. The van der Waals surface area contributed by atoms with E-state index in [4.69, 9.17) is 0 Å². The van der Waals surface area contributed by atoms with Crippen molar-refractivity contribution >= 4 is 28.5 Å². The first-order chi connectivity index (χ1) is 13.1. The Morgan fingerprint density at radius 1 is 1.11 bits per heavy atom. The smallest absolute Gasteiger partial charge is 0.297 e. The molecular formula is C19H14FN5O2. The van der Waals surface area contributed by atoms with Gasteiger partial charge >= 0.3 is 0 Å². The number of carbonyl (C=O) groups is 2. The van der Waals surface area contributed by atoms with Crippen molar-refractivity contribution in [3.63, 3.8) is 0 Å². The molecule has 27 heavy (non-hydrogen) atoms. The minimum atomic E-state index is -0.774. The standard InChI is InChI=1S/C19H14FN5O2/c20-13-5-3-12(4-6-13)10-25-11-15(14-2-1-8-21-18(14)25)17(26)19(27)23-16-7-9-22-24-16/h1-9,11H,10H2,(H2,22,23,24,27). The Hall–Kier alpha value is -3.81. The summed E-state index contributed by atoms with van der Waals surface area (Å²) in [4.78, 5) is 29.3. The number of benzene rings is 1. The summed E-state index contributed by atoms with van der Waals surface area (Å²) in [5.74, 6) is -1.44. The number of rotatable bonds is 5. The second kappa shape index (κ2) is 6.83. The van der Waals surface area contributed by atoms with Gasteiger partial charge in [-0.1, -0.05) is 12.1 Å². The average Bonchev–Trinajstić information content (AvgIpc) is 3.31. The number of H-pyrrole nitrogens is 1. The van der Waals surface area contributed by atoms with E-state index in [1.807, 2.05) is 0 Å². The summed E-state index contributed by atoms with van der Waals surface area (Å²) in [6.07, 6.45) is 4.68. The SMILES string of the molecule is O=C(Nc1ccn[nH]1)C(=O)c1cn(Cc2ccc(F)cc2)c2ncccc12. The van der Waals surface area contributed by atoms with Crippen molar-refractivity contribution in [1.82, 2.24) is 19.7 Å². The minimum Gasteiger partial charge on any atom is -0.327 e. The number of amides is 1. The molecule has 0 bridgehead atoms. The summed E-state index contributed by atoms with van der Waals surface area (Å²) in [6, 6.07) is 11.1. The number of halogens is 1. The second-order valence-corrected chi connectivity index (χ2v) is 5.93. The molecule has 0 unspecified atom stereocenters. The second-order valence-electron chi connectivity index (χ2n) is 5.93. The lowest BCUT2D eigenvalue weighted by Crippen LogP contribution is -2.23. The number of fused-ring (bicyclic) bond motifs is 1. The molecule has 0 aliphatic carbocycles. The van der Waals surface area contributed by atoms with E-state index in [2.05, 4.69) is 20.5 Å². The van der Waals surface area contributed by atoms with Crippen LogP contribution in [0.15, 0.2) is 61.1 Å². The van der Waals surface area contributed by atoms with Gasteiger partial charge in [-0.15, -0.1) is 0 Å². The maximum absolute atomic E-state index is 13.1. The Labute approximate surface area is 152 Å². The molecule has 4 aromatic rings. The number of ketones is 1. The Balaban J connectivity index is 1.67. The zero-order chi connectivity index (χ0) is 18.8. The number of nitrogens with zero attached hydrogens (tertiary/aromatic N) is 3. The monoisotopic (exact) mass is 363 g/mol. The first kappa shape index (κ1) is 16.6. The third kappa shape index (κ3) is 3.32. The van der Waals surface area contributed by atoms with Crippen LogP contribution in [0.5, 0.6) is 0 Å². The van der Waals surface area contributed by atoms with Crippen LogP contribution in [0.4, 0.5) is 10.2 Å². The average molecular weight is 363 g/mol. The molecule has 0 atom stereocenters. The molecular weight excluding hydrogens is 349 g/mol. The molecule has 0 aliphatic rings. The van der Waals surface area contributed by atoms with Crippen molar-refractivity contribution in [3.8, 4) is 0 Å². The number of anilines is 1. The maximum atomic E-state index is 13.1. The summed E-state index contributed by atoms with van der Waals surface area (Å²) in [6.45, 7) is 0.392. The number of carbonyl (C=O) groups excluding carboxylic acids is 2. The molecule has 3 heterocycles. The molecule has 8 heteroatoms. The minimum absolute atomic E-state index is 0.247. The van der Waals surface area contributed by atoms with Crippen LogP contribution in [0.2, 0.25) is 0 Å². The van der Waals surface area contributed by atoms with E-state index in [-0.39, 0.29) is 11.4 Å². The number of aromatic nitrogens is 4. The zero-order valence-electron chi connectivity index (χ0n) is 14.0. The molecule has 0 fully saturated rings. The predicted molar refractivity (Wildman–Crippen MR) is 96.8 cm³/mol. The fourth-order valence-electron chi connectivity index (χ4n) is 2.84. The van der Waals surface area contributed by atoms with Crippen LogP contribution < -0.4 is 5.32 Å². The van der Waals surface area contributed by atoms with Gasteiger partial charge in [0.05, 0.1) is 11.8 Å². The zero-order valence-corrected chi connectivity index (χ0v) is 14.0. The van der Waals surface area contributed by atoms with E-state index in [9.17, 15) is 14.0 Å². The molecule has 0 aliphatic heterocycles. The quantitative estimate of drug-likeness (QED) is 0.421. The van der Waals surface area contributed by atoms with Gasteiger partial charge in [-0.3, -0.25) is 14.7 Å². The van der Waals surface area contributed by atoms with Gasteiger partial charge in [0.2, 0.25) is 0 Å². The van der Waals surface area contributed by atoms with Crippen molar-refractivity contribution in [1.29, 1.82) is 0 Å². The van der Waals surface area contributed by atoms with Crippen molar-refractivity contribution in [2.45, 2.75) is 6.54 Å². The first-order valence-electron chi connectivity index (χ1n) is 8.15. The fourth-order valence-corrected chi connectivity index (χ4v) is 2.84. The molecule has 0 saturated heterocycles. The molecule has 4 rings (SSSR count). The van der Waals surface area contributed by atoms with Crippen LogP contribution in [-0.2, 0) is 11.3 Å². The van der Waals surface area contributed by atoms with E-state index >= 15 is 0 Å². The largest absolute Gasteiger partial charge is 0.327 e. The van der Waals surface area contributed by atoms with Crippen LogP contribution >= 0.6 is 0 Å². The normalized spacial score (nSPS) is 10.9. The Bertz CT molecular complexity index is 1120. The van der Waals surface area contributed by atoms with Crippen LogP contribution in [0.1, 0.15) is 15.9 Å². The van der Waals surface area contributed by atoms with Gasteiger partial charge < -0.3 is 9.88 Å². The van der Waals surface area contributed by atoms with Gasteiger partial charge in [0.1, 0.15) is 17.3 Å². The number of hydrogen-bond donors (Lipinski definition) is 2. The van der Waals surface area contributed by atoms with Crippen molar-refractivity contribution in [2.24, 2.45) is 0 Å². The highest BCUT2D eigenvalue weighted by Crippen LogP contribution is 2.21. The number of nitrogens with one attached hydrogen (secondary N) is 2. The topological polar surface area (TPSA) is 92.7 Å². The summed E-state index contributed by atoms with van der Waals surface area (Å²) >= 11 is 0. The predicted octanol–water partition coefficient (Wildman–Crippen LogP) is 2.77. The summed E-state index contributed by atoms with van der Waals surface area (Å²) in [7, 11) is 0. The molecule has 1 amide bonds. The number of hydrogen-bond acceptors (Lipinski definition) is 4. The van der Waals surface area contributed by atoms with Crippen LogP contribution in [-0.4, -0.2) is 31.4 Å². The van der Waals surface area contributed by atoms with Crippen molar-refractivity contribution in [2.75, 3.05) is 5.32 Å². The van der Waals surface area contributed by atoms with Gasteiger partial charge in [-0.25, -0.2) is 9.37 Å². The molecule has 134 valence electrons. The number of aromatic amines is 1. The molecule has 3 aromatic heterocycles. The third-order valence-corrected chi connectivity index (χ3v) is 4.10. The fraction of sp³-hybridized carbons (Fsp3) is 0.0526. The van der Waals surface area contributed by atoms with Crippen molar-refractivity contribution < 1.29 is 14.0 Å². The van der Waals surface area contributed by atoms with Gasteiger partial charge in [-0.2, -0.15) is 5.10 Å². The maximum Gasteiger partial charge on any atom is 0.297 e. The first-order valence-corrected chi connectivity index (χ1v) is 8.15. The van der Waals surface area contributed by atoms with E-state index in [0.29, 0.717) is 23.4 Å². The molecule has 1 aromatic carbocycles. The van der Waals surface area contributed by atoms with E-state index in [1.165, 1.54) is 18.3 Å². The van der Waals surface area contributed by atoms with E-state index in [0.717, 1.165) is 5.56 Å². The van der Waals surface area contributed by atoms with Gasteiger partial charge in [-0.05, 0) is 29.8 Å². The van der Waals surface area contributed by atoms with E-state index < -0.39 is 11.7 Å². The highest BCUT2D eigenvalue weighted by atomic mass is 19.1. The van der Waals surface area contributed by atoms with Crippen LogP contribution in [0.25, 0.3) is 11.0 Å². The number of Topliss-reactive ketones (excluding diaryl/α,β-unsaturated/α-hetero) is 1. The highest BCUT2D eigenvalue weighted by Gasteiger charge is 2.22. The Kier molecular flexibility index (Phi) is 4.21. The summed E-state index contributed by atoms with van der Waals surface area (Å²) in [5.41, 5.74) is 1.66. The van der Waals surface area contributed by atoms with E-state index in [1.54, 1.807) is 47.3 Å². The highest BCUT2D eigenvalue weighted by molar-refractivity contribution is 6.48. The summed E-state index contributed by atoms with van der Waals surface area (Å²) in [5, 5.41) is 9.34. The summed E-state index contributed by atoms with van der Waals surface area (Å²) < 4.78 is 14.9. The third-order valence-electron chi connectivity index (χ3n) is 4.10. The van der Waals surface area contributed by atoms with Crippen LogP contribution in [0.3, 0.4) is 0 Å². The lowest BCUT2D eigenvalue weighted by molar-refractivity contribution is -0.112. The molecule has 2 N–H and O–H groups in total. The Morgan fingerprint density at radius 2 is 1.93 bits per heavy atom. The van der Waals surface area contributed by atoms with Crippen LogP contribution in [0, 0.1) is 5.82 Å². The lowest BCUT2D eigenvalue weighted by atomic mass is 10.1. The number of pyridine rings is 1. The molecule has 0 saturated carbocycles. The molecule has 0 radical (unpaired) electrons. The van der Waals surface area contributed by atoms with Gasteiger partial charge in [0.25, 0.3) is 11.7 Å².